The number of carbonyl (C=O) groups excluding carboxylic acids is 1. The molecule has 0 aromatic carbocycles. The highest BCUT2D eigenvalue weighted by Gasteiger charge is 2.33. The number of nitrogens with zero attached hydrogens (tertiary/aromatic N) is 2. The minimum atomic E-state index is -0.426. The Morgan fingerprint density at radius 2 is 2.29 bits per heavy atom. The summed E-state index contributed by atoms with van der Waals surface area (Å²) in [7, 11) is 1.31. The molecule has 0 bridgehead atoms. The van der Waals surface area contributed by atoms with E-state index in [9.17, 15) is 14.9 Å². The summed E-state index contributed by atoms with van der Waals surface area (Å²) in [6.45, 7) is 2.76. The predicted molar refractivity (Wildman–Crippen MR) is 78.6 cm³/mol. The Kier molecular flexibility index (Phi) is 7.28. The largest absolute Gasteiger partial charge is 0.466 e. The van der Waals surface area contributed by atoms with Crippen LogP contribution in [0.4, 0.5) is 0 Å². The summed E-state index contributed by atoms with van der Waals surface area (Å²) in [5, 5.41) is 14.0. The fourth-order valence-corrected chi connectivity index (χ4v) is 2.20. The molecule has 21 heavy (non-hydrogen) atoms. The summed E-state index contributed by atoms with van der Waals surface area (Å²) in [5.74, 6) is -0.340. The first-order valence-electron chi connectivity index (χ1n) is 7.21. The number of hydrogen-bond donors (Lipinski definition) is 1. The fraction of sp³-hybridized carbons (Fsp3) is 0.643. The molecule has 7 heteroatoms. The Balaban J connectivity index is 2.55. The molecular formula is C14H23N3O4. The van der Waals surface area contributed by atoms with Crippen LogP contribution in [0, 0.1) is 10.1 Å². The van der Waals surface area contributed by atoms with E-state index in [1.54, 1.807) is 11.0 Å². The van der Waals surface area contributed by atoms with Gasteiger partial charge in [0.1, 0.15) is 0 Å². The van der Waals surface area contributed by atoms with Crippen molar-refractivity contribution in [1.82, 2.24) is 10.2 Å². The molecule has 0 amide bonds. The zero-order valence-electron chi connectivity index (χ0n) is 12.6. The van der Waals surface area contributed by atoms with Gasteiger partial charge in [0.05, 0.1) is 19.9 Å². The van der Waals surface area contributed by atoms with Gasteiger partial charge in [-0.2, -0.15) is 0 Å². The highest BCUT2D eigenvalue weighted by atomic mass is 16.6. The molecule has 0 saturated carbocycles. The predicted octanol–water partition coefficient (Wildman–Crippen LogP) is 1.99. The average molecular weight is 297 g/mol. The first-order chi connectivity index (χ1) is 10.1. The van der Waals surface area contributed by atoms with E-state index in [1.165, 1.54) is 19.4 Å². The van der Waals surface area contributed by atoms with Crippen LogP contribution < -0.4 is 5.32 Å². The quantitative estimate of drug-likeness (QED) is 0.230. The summed E-state index contributed by atoms with van der Waals surface area (Å²) < 4.78 is 4.51. The van der Waals surface area contributed by atoms with Gasteiger partial charge in [0.15, 0.2) is 6.17 Å². The van der Waals surface area contributed by atoms with Gasteiger partial charge < -0.3 is 20.2 Å². The number of nitro groups is 1. The third-order valence-electron chi connectivity index (χ3n) is 3.33. The van der Waals surface area contributed by atoms with Crippen LogP contribution in [-0.2, 0) is 9.53 Å². The van der Waals surface area contributed by atoms with Crippen LogP contribution in [0.1, 0.15) is 39.0 Å². The molecule has 1 aliphatic heterocycles. The van der Waals surface area contributed by atoms with Crippen molar-refractivity contribution in [2.75, 3.05) is 13.7 Å². The minimum absolute atomic E-state index is 0.0861. The fourth-order valence-electron chi connectivity index (χ4n) is 2.20. The van der Waals surface area contributed by atoms with Gasteiger partial charge in [-0.3, -0.25) is 0 Å². The lowest BCUT2D eigenvalue weighted by Crippen LogP contribution is -2.38. The monoisotopic (exact) mass is 297 g/mol. The molecule has 1 rings (SSSR count). The van der Waals surface area contributed by atoms with Crippen LogP contribution >= 0.6 is 0 Å². The smallest absolute Gasteiger partial charge is 0.335 e. The molecule has 1 atom stereocenters. The lowest BCUT2D eigenvalue weighted by Gasteiger charge is -2.20. The molecular weight excluding hydrogens is 274 g/mol. The van der Waals surface area contributed by atoms with Gasteiger partial charge in [-0.15, -0.1) is 0 Å². The molecule has 1 aliphatic rings. The zero-order valence-corrected chi connectivity index (χ0v) is 12.6. The summed E-state index contributed by atoms with van der Waals surface area (Å²) in [6.07, 6.45) is 8.97. The van der Waals surface area contributed by atoms with Crippen molar-refractivity contribution >= 4 is 5.97 Å². The van der Waals surface area contributed by atoms with Gasteiger partial charge in [-0.25, -0.2) is 9.69 Å². The van der Waals surface area contributed by atoms with Crippen LogP contribution in [-0.4, -0.2) is 35.6 Å². The van der Waals surface area contributed by atoms with E-state index in [1.807, 2.05) is 0 Å². The van der Waals surface area contributed by atoms with Crippen molar-refractivity contribution in [3.63, 3.8) is 0 Å². The van der Waals surface area contributed by atoms with Crippen molar-refractivity contribution < 1.29 is 14.5 Å². The van der Waals surface area contributed by atoms with Gasteiger partial charge in [-0.1, -0.05) is 25.8 Å². The van der Waals surface area contributed by atoms with Crippen LogP contribution in [0.2, 0.25) is 0 Å². The van der Waals surface area contributed by atoms with E-state index in [2.05, 4.69) is 17.0 Å². The Morgan fingerprint density at radius 3 is 2.90 bits per heavy atom. The number of rotatable bonds is 9. The number of hydrogen-bond acceptors (Lipinski definition) is 6. The Morgan fingerprint density at radius 1 is 1.52 bits per heavy atom. The van der Waals surface area contributed by atoms with Crippen LogP contribution in [0.15, 0.2) is 24.2 Å². The van der Waals surface area contributed by atoms with Crippen LogP contribution in [0.25, 0.3) is 0 Å². The highest BCUT2D eigenvalue weighted by molar-refractivity contribution is 5.81. The van der Waals surface area contributed by atoms with Gasteiger partial charge >= 0.3 is 11.8 Å². The van der Waals surface area contributed by atoms with Crippen molar-refractivity contribution in [3.05, 3.63) is 34.3 Å². The molecule has 1 N–H and O–H groups in total. The molecule has 0 aromatic heterocycles. The Hall–Kier alpha value is -2.05. The van der Waals surface area contributed by atoms with Gasteiger partial charge in [0.25, 0.3) is 0 Å². The molecule has 0 aliphatic carbocycles. The van der Waals surface area contributed by atoms with E-state index in [-0.39, 0.29) is 16.9 Å². The number of nitrogens with one attached hydrogen (secondary N) is 1. The van der Waals surface area contributed by atoms with Crippen molar-refractivity contribution in [1.29, 1.82) is 0 Å². The van der Waals surface area contributed by atoms with E-state index in [4.69, 9.17) is 0 Å². The molecule has 1 heterocycles. The second-order valence-corrected chi connectivity index (χ2v) is 4.86. The SMILES string of the molecule is CCCCCCN1C([N+](=O)[O-])=CNC1CC=CC(=O)OC. The standard InChI is InChI=1S/C14H23N3O4/c1-3-4-5-6-10-16-12(8-7-9-14(18)21-2)15-11-13(16)17(19)20/h7,9,11-12,15H,3-6,8,10H2,1-2H3. The average Bonchev–Trinajstić information content (AvgIpc) is 2.86. The summed E-state index contributed by atoms with van der Waals surface area (Å²) >= 11 is 0. The molecule has 1 unspecified atom stereocenters. The molecule has 0 radical (unpaired) electrons. The number of ether oxygens (including phenoxy) is 1. The first kappa shape index (κ1) is 17.0. The molecule has 118 valence electrons. The maximum absolute atomic E-state index is 11.0. The second-order valence-electron chi connectivity index (χ2n) is 4.86. The van der Waals surface area contributed by atoms with Gasteiger partial charge in [0, 0.05) is 12.5 Å². The summed E-state index contributed by atoms with van der Waals surface area (Å²) in [4.78, 5) is 23.4. The maximum Gasteiger partial charge on any atom is 0.335 e. The maximum atomic E-state index is 11.0. The molecule has 0 spiro atoms. The minimum Gasteiger partial charge on any atom is -0.466 e. The van der Waals surface area contributed by atoms with Gasteiger partial charge in [0.2, 0.25) is 0 Å². The van der Waals surface area contributed by atoms with Gasteiger partial charge in [-0.05, 0) is 17.8 Å². The number of methoxy groups -OCH3 is 1. The lowest BCUT2D eigenvalue weighted by atomic mass is 10.2. The number of carbonyl (C=O) groups is 1. The van der Waals surface area contributed by atoms with Crippen LogP contribution in [0.3, 0.4) is 0 Å². The van der Waals surface area contributed by atoms with Crippen molar-refractivity contribution in [2.24, 2.45) is 0 Å². The molecule has 0 fully saturated rings. The van der Waals surface area contributed by atoms with Crippen molar-refractivity contribution in [3.8, 4) is 0 Å². The highest BCUT2D eigenvalue weighted by Crippen LogP contribution is 2.19. The third kappa shape index (κ3) is 5.45. The van der Waals surface area contributed by atoms with E-state index in [0.29, 0.717) is 13.0 Å². The molecule has 0 saturated heterocycles. The third-order valence-corrected chi connectivity index (χ3v) is 3.33. The van der Waals surface area contributed by atoms with E-state index < -0.39 is 5.97 Å². The van der Waals surface area contributed by atoms with E-state index in [0.717, 1.165) is 25.7 Å². The molecule has 7 nitrogen and oxygen atoms in total. The number of esters is 1. The van der Waals surface area contributed by atoms with Crippen molar-refractivity contribution in [2.45, 2.75) is 45.2 Å². The van der Waals surface area contributed by atoms with Crippen LogP contribution in [0.5, 0.6) is 0 Å². The lowest BCUT2D eigenvalue weighted by molar-refractivity contribution is -0.445. The summed E-state index contributed by atoms with van der Waals surface area (Å²) in [5.41, 5.74) is 0. The second kappa shape index (κ2) is 8.99. The van der Waals surface area contributed by atoms with E-state index >= 15 is 0 Å². The topological polar surface area (TPSA) is 84.7 Å². The Labute approximate surface area is 124 Å². The number of unbranched alkanes of at least 4 members (excludes halogenated alkanes) is 3. The Bertz CT molecular complexity index is 420. The normalized spacial score (nSPS) is 17.7. The first-order valence-corrected chi connectivity index (χ1v) is 7.21. The molecule has 0 aromatic rings. The zero-order chi connectivity index (χ0) is 15.7. The summed E-state index contributed by atoms with van der Waals surface area (Å²) in [6, 6.07) is 0.